The Bertz CT molecular complexity index is 446. The van der Waals surface area contributed by atoms with Gasteiger partial charge in [0.2, 0.25) is 5.91 Å². The Labute approximate surface area is 136 Å². The molecule has 1 aromatic rings. The van der Waals surface area contributed by atoms with Crippen LogP contribution in [0.4, 0.5) is 0 Å². The monoisotopic (exact) mass is 326 g/mol. The van der Waals surface area contributed by atoms with Gasteiger partial charge in [-0.25, -0.2) is 0 Å². The summed E-state index contributed by atoms with van der Waals surface area (Å²) in [7, 11) is 0. The van der Waals surface area contributed by atoms with Crippen molar-refractivity contribution in [1.82, 2.24) is 10.2 Å². The number of amides is 1. The number of hydrogen-bond acceptors (Lipinski definition) is 3. The van der Waals surface area contributed by atoms with Gasteiger partial charge in [0, 0.05) is 11.6 Å². The van der Waals surface area contributed by atoms with Crippen molar-refractivity contribution < 1.29 is 4.79 Å². The molecular weight excluding hydrogens is 304 g/mol. The van der Waals surface area contributed by atoms with Crippen LogP contribution in [0.3, 0.4) is 0 Å². The molecule has 0 unspecified atom stereocenters. The third kappa shape index (κ3) is 5.20. The summed E-state index contributed by atoms with van der Waals surface area (Å²) in [5.41, 5.74) is 1.23. The Hall–Kier alpha value is -0.710. The number of thioether (sulfide) groups is 1. The molecule has 1 aliphatic rings. The van der Waals surface area contributed by atoms with Gasteiger partial charge >= 0.3 is 0 Å². The molecule has 1 atom stereocenters. The highest BCUT2D eigenvalue weighted by Crippen LogP contribution is 2.25. The molecule has 5 heteroatoms. The van der Waals surface area contributed by atoms with Gasteiger partial charge in [-0.2, -0.15) is 11.8 Å². The van der Waals surface area contributed by atoms with Crippen molar-refractivity contribution in [2.24, 2.45) is 0 Å². The molecule has 21 heavy (non-hydrogen) atoms. The molecule has 0 bridgehead atoms. The molecule has 1 N–H and O–H groups in total. The van der Waals surface area contributed by atoms with Crippen molar-refractivity contribution in [1.29, 1.82) is 0 Å². The summed E-state index contributed by atoms with van der Waals surface area (Å²) in [4.78, 5) is 14.2. The van der Waals surface area contributed by atoms with Crippen molar-refractivity contribution in [3.05, 3.63) is 34.9 Å². The number of piperidine rings is 1. The molecule has 1 aromatic carbocycles. The van der Waals surface area contributed by atoms with Crippen LogP contribution in [0, 0.1) is 0 Å². The lowest BCUT2D eigenvalue weighted by Gasteiger charge is -2.35. The van der Waals surface area contributed by atoms with Crippen LogP contribution >= 0.6 is 23.4 Å². The summed E-state index contributed by atoms with van der Waals surface area (Å²) < 4.78 is 0. The molecule has 0 spiro atoms. The number of halogens is 1. The van der Waals surface area contributed by atoms with Crippen molar-refractivity contribution in [3.8, 4) is 0 Å². The minimum atomic E-state index is 0.110. The second-order valence-corrected chi connectivity index (χ2v) is 6.70. The van der Waals surface area contributed by atoms with E-state index in [4.69, 9.17) is 11.6 Å². The molecule has 1 amide bonds. The lowest BCUT2D eigenvalue weighted by atomic mass is 10.0. The maximum Gasteiger partial charge on any atom is 0.230 e. The first-order valence-electron chi connectivity index (χ1n) is 7.46. The second kappa shape index (κ2) is 8.66. The quantitative estimate of drug-likeness (QED) is 0.870. The predicted molar refractivity (Wildman–Crippen MR) is 91.0 cm³/mol. The van der Waals surface area contributed by atoms with Crippen LogP contribution in [0.2, 0.25) is 5.02 Å². The third-order valence-corrected chi connectivity index (χ3v) is 4.66. The minimum absolute atomic E-state index is 0.110. The first-order valence-corrected chi connectivity index (χ1v) is 9.23. The summed E-state index contributed by atoms with van der Waals surface area (Å²) in [5.74, 6) is 0.631. The van der Waals surface area contributed by atoms with E-state index in [1.165, 1.54) is 24.8 Å². The number of carbonyl (C=O) groups excluding carboxylic acids is 1. The topological polar surface area (TPSA) is 32.3 Å². The molecule has 0 saturated carbocycles. The zero-order valence-electron chi connectivity index (χ0n) is 12.5. The van der Waals surface area contributed by atoms with Crippen molar-refractivity contribution in [3.63, 3.8) is 0 Å². The lowest BCUT2D eigenvalue weighted by Crippen LogP contribution is -2.41. The molecule has 0 radical (unpaired) electrons. The fraction of sp³-hybridized carbons (Fsp3) is 0.562. The molecular formula is C16H23ClN2OS. The van der Waals surface area contributed by atoms with E-state index >= 15 is 0 Å². The van der Waals surface area contributed by atoms with Crippen LogP contribution in [-0.4, -0.2) is 42.4 Å². The van der Waals surface area contributed by atoms with E-state index in [0.29, 0.717) is 12.3 Å². The molecule has 3 nitrogen and oxygen atoms in total. The van der Waals surface area contributed by atoms with Gasteiger partial charge in [0.1, 0.15) is 0 Å². The van der Waals surface area contributed by atoms with Crippen molar-refractivity contribution >= 4 is 29.3 Å². The number of benzene rings is 1. The van der Waals surface area contributed by atoms with Crippen LogP contribution in [0.25, 0.3) is 0 Å². The Morgan fingerprint density at radius 3 is 2.57 bits per heavy atom. The highest BCUT2D eigenvalue weighted by molar-refractivity contribution is 7.99. The van der Waals surface area contributed by atoms with E-state index < -0.39 is 0 Å². The van der Waals surface area contributed by atoms with Crippen LogP contribution in [0.5, 0.6) is 0 Å². The Balaban J connectivity index is 2.05. The molecule has 2 rings (SSSR count). The first kappa shape index (κ1) is 16.7. The van der Waals surface area contributed by atoms with E-state index in [1.54, 1.807) is 11.8 Å². The first-order chi connectivity index (χ1) is 10.2. The highest BCUT2D eigenvalue weighted by Gasteiger charge is 2.22. The van der Waals surface area contributed by atoms with E-state index in [0.717, 1.165) is 18.1 Å². The highest BCUT2D eigenvalue weighted by atomic mass is 35.5. The standard InChI is InChI=1S/C16H23ClN2OS/c1-21-12-16(20)18-11-15(19-9-3-2-4-10-19)13-5-7-14(17)8-6-13/h5-8,15H,2-4,9-12H2,1H3,(H,18,20)/t15-/m0/s1. The minimum Gasteiger partial charge on any atom is -0.353 e. The van der Waals surface area contributed by atoms with Crippen LogP contribution < -0.4 is 5.32 Å². The maximum atomic E-state index is 11.7. The number of rotatable bonds is 6. The van der Waals surface area contributed by atoms with Gasteiger partial charge in [-0.3, -0.25) is 9.69 Å². The molecule has 1 saturated heterocycles. The fourth-order valence-corrected chi connectivity index (χ4v) is 3.26. The summed E-state index contributed by atoms with van der Waals surface area (Å²) >= 11 is 7.54. The van der Waals surface area contributed by atoms with E-state index in [2.05, 4.69) is 22.3 Å². The van der Waals surface area contributed by atoms with Crippen LogP contribution in [0.15, 0.2) is 24.3 Å². The average molecular weight is 327 g/mol. The molecule has 0 aliphatic carbocycles. The average Bonchev–Trinajstić information content (AvgIpc) is 2.50. The van der Waals surface area contributed by atoms with Crippen molar-refractivity contribution in [2.45, 2.75) is 25.3 Å². The van der Waals surface area contributed by atoms with Crippen LogP contribution in [-0.2, 0) is 4.79 Å². The molecule has 0 aromatic heterocycles. The van der Waals surface area contributed by atoms with E-state index in [9.17, 15) is 4.79 Å². The number of hydrogen-bond donors (Lipinski definition) is 1. The maximum absolute atomic E-state index is 11.7. The Morgan fingerprint density at radius 1 is 1.29 bits per heavy atom. The molecule has 1 heterocycles. The van der Waals surface area contributed by atoms with E-state index in [-0.39, 0.29) is 11.9 Å². The second-order valence-electron chi connectivity index (χ2n) is 5.40. The van der Waals surface area contributed by atoms with Gasteiger partial charge < -0.3 is 5.32 Å². The largest absolute Gasteiger partial charge is 0.353 e. The Morgan fingerprint density at radius 2 is 1.95 bits per heavy atom. The predicted octanol–water partition coefficient (Wildman–Crippen LogP) is 3.35. The molecule has 1 aliphatic heterocycles. The van der Waals surface area contributed by atoms with Gasteiger partial charge in [-0.15, -0.1) is 0 Å². The zero-order valence-corrected chi connectivity index (χ0v) is 14.1. The smallest absolute Gasteiger partial charge is 0.230 e. The van der Waals surface area contributed by atoms with Gasteiger partial charge in [-0.1, -0.05) is 30.2 Å². The summed E-state index contributed by atoms with van der Waals surface area (Å²) in [6.07, 6.45) is 5.73. The van der Waals surface area contributed by atoms with E-state index in [1.807, 2.05) is 18.4 Å². The molecule has 116 valence electrons. The third-order valence-electron chi connectivity index (χ3n) is 3.85. The van der Waals surface area contributed by atoms with Crippen molar-refractivity contribution in [2.75, 3.05) is 31.6 Å². The van der Waals surface area contributed by atoms with Gasteiger partial charge in [0.05, 0.1) is 11.8 Å². The normalized spacial score (nSPS) is 17.4. The summed E-state index contributed by atoms with van der Waals surface area (Å²) in [5, 5.41) is 3.81. The fourth-order valence-electron chi connectivity index (χ4n) is 2.77. The summed E-state index contributed by atoms with van der Waals surface area (Å²) in [6, 6.07) is 8.24. The zero-order chi connectivity index (χ0) is 15.1. The number of carbonyl (C=O) groups is 1. The van der Waals surface area contributed by atoms with Gasteiger partial charge in [0.15, 0.2) is 0 Å². The van der Waals surface area contributed by atoms with Crippen LogP contribution in [0.1, 0.15) is 30.9 Å². The number of likely N-dealkylation sites (tertiary alicyclic amines) is 1. The van der Waals surface area contributed by atoms with Gasteiger partial charge in [0.25, 0.3) is 0 Å². The molecule has 1 fully saturated rings. The summed E-state index contributed by atoms with van der Waals surface area (Å²) in [6.45, 7) is 2.87. The SMILES string of the molecule is CSCC(=O)NC[C@@H](c1ccc(Cl)cc1)N1CCCCC1. The number of nitrogens with one attached hydrogen (secondary N) is 1. The van der Waals surface area contributed by atoms with Gasteiger partial charge in [-0.05, 0) is 49.9 Å². The Kier molecular flexibility index (Phi) is 6.87. The lowest BCUT2D eigenvalue weighted by molar-refractivity contribution is -0.118. The number of nitrogens with zero attached hydrogens (tertiary/aromatic N) is 1.